The number of aromatic nitrogens is 2. The summed E-state index contributed by atoms with van der Waals surface area (Å²) in [6, 6.07) is 8.47. The maximum absolute atomic E-state index is 9.26. The van der Waals surface area contributed by atoms with Crippen LogP contribution in [0.2, 0.25) is 0 Å². The molecule has 0 spiro atoms. The molecule has 0 fully saturated rings. The Morgan fingerprint density at radius 3 is 3.00 bits per heavy atom. The van der Waals surface area contributed by atoms with E-state index in [1.165, 1.54) is 11.1 Å². The van der Waals surface area contributed by atoms with Crippen molar-refractivity contribution >= 4 is 0 Å². The van der Waals surface area contributed by atoms with Gasteiger partial charge >= 0.3 is 0 Å². The SMILES string of the molecule is Cc1ccccc1Cc1cn2c(n1)CC(CO)CC2. The number of aliphatic hydroxyl groups excluding tert-OH is 1. The number of rotatable bonds is 3. The molecule has 1 aliphatic rings. The lowest BCUT2D eigenvalue weighted by atomic mass is 9.99. The van der Waals surface area contributed by atoms with Crippen molar-refractivity contribution < 1.29 is 5.11 Å². The molecular weight excluding hydrogens is 236 g/mol. The molecule has 2 heterocycles. The molecule has 3 rings (SSSR count). The summed E-state index contributed by atoms with van der Waals surface area (Å²) >= 11 is 0. The third-order valence-electron chi connectivity index (χ3n) is 4.05. The molecular formula is C16H20N2O. The first-order chi connectivity index (χ1) is 9.26. The summed E-state index contributed by atoms with van der Waals surface area (Å²) in [7, 11) is 0. The maximum Gasteiger partial charge on any atom is 0.109 e. The van der Waals surface area contributed by atoms with Gasteiger partial charge < -0.3 is 9.67 Å². The molecule has 3 heteroatoms. The average molecular weight is 256 g/mol. The summed E-state index contributed by atoms with van der Waals surface area (Å²) in [5, 5.41) is 9.26. The Labute approximate surface area is 113 Å². The number of fused-ring (bicyclic) bond motifs is 1. The highest BCUT2D eigenvalue weighted by Gasteiger charge is 2.20. The average Bonchev–Trinajstić information content (AvgIpc) is 2.82. The fourth-order valence-corrected chi connectivity index (χ4v) is 2.80. The predicted octanol–water partition coefficient (Wildman–Crippen LogP) is 2.34. The van der Waals surface area contributed by atoms with Crippen molar-refractivity contribution in [2.75, 3.05) is 6.61 Å². The van der Waals surface area contributed by atoms with Gasteiger partial charge in [-0.25, -0.2) is 4.98 Å². The summed E-state index contributed by atoms with van der Waals surface area (Å²) in [5.74, 6) is 1.52. The third-order valence-corrected chi connectivity index (χ3v) is 4.05. The van der Waals surface area contributed by atoms with Gasteiger partial charge in [0.05, 0.1) is 5.69 Å². The first-order valence-electron chi connectivity index (χ1n) is 6.96. The second-order valence-electron chi connectivity index (χ2n) is 5.49. The van der Waals surface area contributed by atoms with Crippen molar-refractivity contribution in [3.8, 4) is 0 Å². The van der Waals surface area contributed by atoms with Crippen LogP contribution in [-0.2, 0) is 19.4 Å². The number of nitrogens with zero attached hydrogens (tertiary/aromatic N) is 2. The zero-order chi connectivity index (χ0) is 13.2. The number of aryl methyl sites for hydroxylation is 2. The van der Waals surface area contributed by atoms with Crippen LogP contribution in [0.25, 0.3) is 0 Å². The molecule has 0 aliphatic carbocycles. The van der Waals surface area contributed by atoms with Crippen LogP contribution in [0, 0.1) is 12.8 Å². The highest BCUT2D eigenvalue weighted by Crippen LogP contribution is 2.21. The van der Waals surface area contributed by atoms with Gasteiger partial charge in [-0.3, -0.25) is 0 Å². The summed E-state index contributed by atoms with van der Waals surface area (Å²) in [6.45, 7) is 3.41. The molecule has 3 nitrogen and oxygen atoms in total. The van der Waals surface area contributed by atoms with Crippen molar-refractivity contribution in [1.29, 1.82) is 0 Å². The molecule has 0 bridgehead atoms. The number of hydrogen-bond donors (Lipinski definition) is 1. The van der Waals surface area contributed by atoms with Crippen LogP contribution in [-0.4, -0.2) is 21.3 Å². The molecule has 1 N–H and O–H groups in total. The molecule has 100 valence electrons. The summed E-state index contributed by atoms with van der Waals surface area (Å²) in [6.07, 6.45) is 5.04. The van der Waals surface area contributed by atoms with Gasteiger partial charge in [-0.1, -0.05) is 24.3 Å². The lowest BCUT2D eigenvalue weighted by Gasteiger charge is -2.20. The maximum atomic E-state index is 9.26. The second-order valence-corrected chi connectivity index (χ2v) is 5.49. The van der Waals surface area contributed by atoms with Crippen LogP contribution in [0.1, 0.15) is 29.1 Å². The van der Waals surface area contributed by atoms with Crippen molar-refractivity contribution in [3.05, 3.63) is 53.1 Å². The zero-order valence-electron chi connectivity index (χ0n) is 11.3. The highest BCUT2D eigenvalue weighted by molar-refractivity contribution is 5.29. The van der Waals surface area contributed by atoms with Gasteiger partial charge in [0.2, 0.25) is 0 Å². The van der Waals surface area contributed by atoms with Crippen molar-refractivity contribution in [2.24, 2.45) is 5.92 Å². The van der Waals surface area contributed by atoms with Crippen LogP contribution in [0.15, 0.2) is 30.5 Å². The summed E-state index contributed by atoms with van der Waals surface area (Å²) < 4.78 is 2.25. The fourth-order valence-electron chi connectivity index (χ4n) is 2.80. The Kier molecular flexibility index (Phi) is 3.38. The minimum Gasteiger partial charge on any atom is -0.396 e. The predicted molar refractivity (Wildman–Crippen MR) is 75.1 cm³/mol. The molecule has 2 aromatic rings. The normalized spacial score (nSPS) is 18.3. The van der Waals surface area contributed by atoms with Crippen LogP contribution in [0.5, 0.6) is 0 Å². The quantitative estimate of drug-likeness (QED) is 0.915. The molecule has 0 saturated carbocycles. The van der Waals surface area contributed by atoms with E-state index in [4.69, 9.17) is 4.98 Å². The van der Waals surface area contributed by atoms with Gasteiger partial charge in [-0.2, -0.15) is 0 Å². The van der Waals surface area contributed by atoms with E-state index in [0.29, 0.717) is 5.92 Å². The van der Waals surface area contributed by atoms with E-state index >= 15 is 0 Å². The molecule has 1 aromatic heterocycles. The lowest BCUT2D eigenvalue weighted by molar-refractivity contribution is 0.199. The third kappa shape index (κ3) is 2.56. The van der Waals surface area contributed by atoms with Gasteiger partial charge in [0.1, 0.15) is 5.82 Å². The number of imidazole rings is 1. The van der Waals surface area contributed by atoms with E-state index in [9.17, 15) is 5.11 Å². The second kappa shape index (κ2) is 5.17. The highest BCUT2D eigenvalue weighted by atomic mass is 16.3. The first kappa shape index (κ1) is 12.4. The monoisotopic (exact) mass is 256 g/mol. The number of aliphatic hydroxyl groups is 1. The van der Waals surface area contributed by atoms with Crippen LogP contribution in [0.4, 0.5) is 0 Å². The van der Waals surface area contributed by atoms with Crippen molar-refractivity contribution in [2.45, 2.75) is 32.7 Å². The van der Waals surface area contributed by atoms with E-state index < -0.39 is 0 Å². The smallest absolute Gasteiger partial charge is 0.109 e. The van der Waals surface area contributed by atoms with E-state index in [1.54, 1.807) is 0 Å². The Hall–Kier alpha value is -1.61. The van der Waals surface area contributed by atoms with Crippen molar-refractivity contribution in [1.82, 2.24) is 9.55 Å². The first-order valence-corrected chi connectivity index (χ1v) is 6.96. The van der Waals surface area contributed by atoms with E-state index in [-0.39, 0.29) is 6.61 Å². The Bertz CT molecular complexity index is 574. The zero-order valence-corrected chi connectivity index (χ0v) is 11.3. The van der Waals surface area contributed by atoms with Gasteiger partial charge in [0, 0.05) is 32.2 Å². The molecule has 0 amide bonds. The minimum absolute atomic E-state index is 0.278. The molecule has 0 radical (unpaired) electrons. The summed E-state index contributed by atoms with van der Waals surface area (Å²) in [5.41, 5.74) is 3.81. The molecule has 1 unspecified atom stereocenters. The lowest BCUT2D eigenvalue weighted by Crippen LogP contribution is -2.21. The molecule has 1 aliphatic heterocycles. The molecule has 0 saturated heterocycles. The minimum atomic E-state index is 0.278. The topological polar surface area (TPSA) is 38.0 Å². The van der Waals surface area contributed by atoms with Crippen LogP contribution < -0.4 is 0 Å². The molecule has 1 aromatic carbocycles. The van der Waals surface area contributed by atoms with Gasteiger partial charge in [-0.05, 0) is 30.4 Å². The Morgan fingerprint density at radius 1 is 1.37 bits per heavy atom. The van der Waals surface area contributed by atoms with Crippen LogP contribution >= 0.6 is 0 Å². The Balaban J connectivity index is 1.80. The molecule has 1 atom stereocenters. The van der Waals surface area contributed by atoms with E-state index in [0.717, 1.165) is 37.3 Å². The van der Waals surface area contributed by atoms with Gasteiger partial charge in [0.15, 0.2) is 0 Å². The van der Waals surface area contributed by atoms with E-state index in [1.807, 2.05) is 0 Å². The molecule has 19 heavy (non-hydrogen) atoms. The summed E-state index contributed by atoms with van der Waals surface area (Å²) in [4.78, 5) is 4.74. The van der Waals surface area contributed by atoms with Gasteiger partial charge in [0.25, 0.3) is 0 Å². The number of hydrogen-bond acceptors (Lipinski definition) is 2. The Morgan fingerprint density at radius 2 is 2.21 bits per heavy atom. The van der Waals surface area contributed by atoms with Crippen LogP contribution in [0.3, 0.4) is 0 Å². The standard InChI is InChI=1S/C16H20N2O/c1-12-4-2-3-5-14(12)9-15-10-18-7-6-13(11-19)8-16(18)17-15/h2-5,10,13,19H,6-9,11H2,1H3. The number of benzene rings is 1. The van der Waals surface area contributed by atoms with E-state index in [2.05, 4.69) is 42.0 Å². The van der Waals surface area contributed by atoms with Gasteiger partial charge in [-0.15, -0.1) is 0 Å². The fraction of sp³-hybridized carbons (Fsp3) is 0.438. The van der Waals surface area contributed by atoms with Crippen molar-refractivity contribution in [3.63, 3.8) is 0 Å². The largest absolute Gasteiger partial charge is 0.396 e.